The van der Waals surface area contributed by atoms with Gasteiger partial charge in [-0.3, -0.25) is 9.89 Å². The third-order valence-corrected chi connectivity index (χ3v) is 7.19. The van der Waals surface area contributed by atoms with Crippen LogP contribution in [-0.4, -0.2) is 63.4 Å². The second-order valence-electron chi connectivity index (χ2n) is 10.8. The average molecular weight is 496 g/mol. The normalized spacial score (nSPS) is 16.7. The number of terminal acetylenes is 1. The van der Waals surface area contributed by atoms with Crippen molar-refractivity contribution < 1.29 is 9.45 Å². The summed E-state index contributed by atoms with van der Waals surface area (Å²) in [5.41, 5.74) is 2.61. The highest BCUT2D eigenvalue weighted by atomic mass is 16.4. The van der Waals surface area contributed by atoms with Gasteiger partial charge in [-0.2, -0.15) is 5.10 Å². The molecule has 3 heterocycles. The van der Waals surface area contributed by atoms with Gasteiger partial charge in [-0.05, 0) is 70.4 Å². The van der Waals surface area contributed by atoms with Crippen molar-refractivity contribution in [2.24, 2.45) is 0 Å². The third kappa shape index (κ3) is 5.34. The number of H-pyrrole nitrogens is 1. The van der Waals surface area contributed by atoms with Gasteiger partial charge in [-0.1, -0.05) is 6.07 Å². The fraction of sp³-hybridized carbons (Fsp3) is 0.429. The van der Waals surface area contributed by atoms with Crippen molar-refractivity contribution in [3.8, 4) is 40.5 Å². The zero-order valence-electron chi connectivity index (χ0n) is 22.2. The largest absolute Gasteiger partial charge is 0.567 e. The van der Waals surface area contributed by atoms with Crippen molar-refractivity contribution in [1.82, 2.24) is 25.3 Å². The number of amides is 1. The Morgan fingerprint density at radius 3 is 2.49 bits per heavy atom. The number of aromatic amines is 1. The number of hydrogen-bond acceptors (Lipinski definition) is 6. The fourth-order valence-electron chi connectivity index (χ4n) is 5.73. The quantitative estimate of drug-likeness (QED) is 0.386. The summed E-state index contributed by atoms with van der Waals surface area (Å²) in [6.45, 7) is 8.50. The number of nitrogens with zero attached hydrogens (tertiary/aromatic N) is 5. The second kappa shape index (κ2) is 10.3. The summed E-state index contributed by atoms with van der Waals surface area (Å²) < 4.78 is 5.16. The van der Waals surface area contributed by atoms with Gasteiger partial charge >= 0.3 is 8.05 Å². The Balaban J connectivity index is 1.53. The van der Waals surface area contributed by atoms with Crippen molar-refractivity contribution in [3.05, 3.63) is 42.7 Å². The molecule has 0 spiro atoms. The van der Waals surface area contributed by atoms with Crippen LogP contribution in [0, 0.1) is 12.3 Å². The molecular weight excluding hydrogens is 463 g/mol. The maximum atomic E-state index is 13.0. The van der Waals surface area contributed by atoms with Crippen molar-refractivity contribution in [2.45, 2.75) is 70.5 Å². The van der Waals surface area contributed by atoms with E-state index >= 15 is 0 Å². The molecule has 37 heavy (non-hydrogen) atoms. The Hall–Kier alpha value is -3.80. The SMILES string of the molecule is [B]Oc1cc(-c2cn[nH]c2)ccc1-c1ccc(N(C)C2CC(C)(C)N(C(=O)CCC#C)C(C)(C)C2)nn1. The van der Waals surface area contributed by atoms with Gasteiger partial charge in [0.2, 0.25) is 5.91 Å². The lowest BCUT2D eigenvalue weighted by Gasteiger charge is -2.56. The van der Waals surface area contributed by atoms with E-state index < -0.39 is 0 Å². The molecule has 1 aliphatic rings. The maximum absolute atomic E-state index is 13.0. The van der Waals surface area contributed by atoms with E-state index in [1.54, 1.807) is 12.4 Å². The minimum absolute atomic E-state index is 0.106. The topological polar surface area (TPSA) is 87.2 Å². The highest BCUT2D eigenvalue weighted by Gasteiger charge is 2.48. The van der Waals surface area contributed by atoms with Crippen LogP contribution in [-0.2, 0) is 4.79 Å². The number of rotatable bonds is 7. The fourth-order valence-corrected chi connectivity index (χ4v) is 5.73. The molecule has 0 aliphatic carbocycles. The van der Waals surface area contributed by atoms with Crippen LogP contribution >= 0.6 is 0 Å². The van der Waals surface area contributed by atoms with Gasteiger partial charge in [-0.25, -0.2) is 0 Å². The first-order valence-electron chi connectivity index (χ1n) is 12.4. The number of benzene rings is 1. The third-order valence-electron chi connectivity index (χ3n) is 7.19. The van der Waals surface area contributed by atoms with Crippen LogP contribution < -0.4 is 9.55 Å². The molecule has 3 aromatic rings. The smallest absolute Gasteiger partial charge is 0.374 e. The van der Waals surface area contributed by atoms with Crippen LogP contribution in [0.15, 0.2) is 42.7 Å². The van der Waals surface area contributed by atoms with Crippen molar-refractivity contribution in [2.75, 3.05) is 11.9 Å². The number of carbonyl (C=O) groups is 1. The van der Waals surface area contributed by atoms with E-state index in [2.05, 4.69) is 58.9 Å². The summed E-state index contributed by atoms with van der Waals surface area (Å²) in [6, 6.07) is 9.78. The molecule has 0 unspecified atom stereocenters. The van der Waals surface area contributed by atoms with Gasteiger partial charge in [0.15, 0.2) is 5.82 Å². The second-order valence-corrected chi connectivity index (χ2v) is 10.8. The van der Waals surface area contributed by atoms with Gasteiger partial charge in [0, 0.05) is 54.3 Å². The van der Waals surface area contributed by atoms with Gasteiger partial charge in [0.05, 0.1) is 11.9 Å². The van der Waals surface area contributed by atoms with Crippen LogP contribution in [0.5, 0.6) is 5.75 Å². The first-order valence-corrected chi connectivity index (χ1v) is 12.4. The van der Waals surface area contributed by atoms with Crippen molar-refractivity contribution >= 4 is 19.8 Å². The standard InChI is InChI=1S/C28H33BN6O2/c1-7-8-9-26(36)35-27(2,3)15-21(16-28(35,4)5)34(6)25-13-12-23(32-33-25)22-11-10-19(14-24(22)37-29)20-17-30-31-18-20/h1,10-14,17-18,21H,8-9,15-16H2,2-6H3,(H,30,31). The van der Waals surface area contributed by atoms with Gasteiger partial charge in [-0.15, -0.1) is 22.5 Å². The predicted molar refractivity (Wildman–Crippen MR) is 146 cm³/mol. The van der Waals surface area contributed by atoms with Gasteiger partial charge < -0.3 is 14.5 Å². The van der Waals surface area contributed by atoms with Crippen LogP contribution in [0.25, 0.3) is 22.4 Å². The summed E-state index contributed by atoms with van der Waals surface area (Å²) in [5, 5.41) is 15.8. The van der Waals surface area contributed by atoms with Crippen LogP contribution in [0.3, 0.4) is 0 Å². The Morgan fingerprint density at radius 2 is 1.92 bits per heavy atom. The molecule has 1 fully saturated rings. The summed E-state index contributed by atoms with van der Waals surface area (Å²) in [5.74, 6) is 3.95. The lowest BCUT2D eigenvalue weighted by Crippen LogP contribution is -2.65. The monoisotopic (exact) mass is 496 g/mol. The van der Waals surface area contributed by atoms with E-state index in [4.69, 9.17) is 19.1 Å². The molecule has 1 N–H and O–H groups in total. The number of likely N-dealkylation sites (tertiary alicyclic amines) is 1. The highest BCUT2D eigenvalue weighted by molar-refractivity contribution is 6.01. The first-order chi connectivity index (χ1) is 17.6. The predicted octanol–water partition coefficient (Wildman–Crippen LogP) is 4.39. The number of carbonyl (C=O) groups excluding carboxylic acids is 1. The Kier molecular flexibility index (Phi) is 7.31. The molecule has 2 aromatic heterocycles. The minimum Gasteiger partial charge on any atom is -0.567 e. The molecule has 1 amide bonds. The van der Waals surface area contributed by atoms with E-state index in [-0.39, 0.29) is 23.0 Å². The molecular formula is C28H33BN6O2. The molecule has 8 nitrogen and oxygen atoms in total. The van der Waals surface area contributed by atoms with E-state index in [9.17, 15) is 4.79 Å². The number of hydrogen-bond donors (Lipinski definition) is 1. The minimum atomic E-state index is -0.330. The van der Waals surface area contributed by atoms with Crippen molar-refractivity contribution in [1.29, 1.82) is 0 Å². The average Bonchev–Trinajstić information content (AvgIpc) is 3.40. The molecule has 4 rings (SSSR count). The van der Waals surface area contributed by atoms with Crippen LogP contribution in [0.4, 0.5) is 5.82 Å². The van der Waals surface area contributed by atoms with Crippen LogP contribution in [0.2, 0.25) is 0 Å². The van der Waals surface area contributed by atoms with Crippen LogP contribution in [0.1, 0.15) is 53.4 Å². The lowest BCUT2D eigenvalue weighted by atomic mass is 9.76. The van der Waals surface area contributed by atoms with E-state index in [1.807, 2.05) is 42.3 Å². The summed E-state index contributed by atoms with van der Waals surface area (Å²) in [4.78, 5) is 17.2. The number of piperidine rings is 1. The zero-order valence-corrected chi connectivity index (χ0v) is 22.2. The molecule has 1 aliphatic heterocycles. The lowest BCUT2D eigenvalue weighted by molar-refractivity contribution is -0.149. The molecule has 0 saturated carbocycles. The number of anilines is 1. The summed E-state index contributed by atoms with van der Waals surface area (Å²) >= 11 is 0. The number of aromatic nitrogens is 4. The molecule has 0 atom stereocenters. The first kappa shape index (κ1) is 26.3. The van der Waals surface area contributed by atoms with Gasteiger partial charge in [0.25, 0.3) is 0 Å². The Morgan fingerprint density at radius 1 is 1.19 bits per heavy atom. The summed E-state index contributed by atoms with van der Waals surface area (Å²) in [7, 11) is 7.61. The van der Waals surface area contributed by atoms with E-state index in [0.29, 0.717) is 24.3 Å². The summed E-state index contributed by atoms with van der Waals surface area (Å²) in [6.07, 6.45) is 11.4. The van der Waals surface area contributed by atoms with E-state index in [1.165, 1.54) is 0 Å². The maximum Gasteiger partial charge on any atom is 0.374 e. The zero-order chi connectivity index (χ0) is 26.8. The Labute approximate surface area is 220 Å². The molecule has 0 bridgehead atoms. The molecule has 9 heteroatoms. The molecule has 1 saturated heterocycles. The Bertz CT molecular complexity index is 1260. The number of nitrogens with one attached hydrogen (secondary N) is 1. The van der Waals surface area contributed by atoms with Crippen molar-refractivity contribution in [3.63, 3.8) is 0 Å². The highest BCUT2D eigenvalue weighted by Crippen LogP contribution is 2.41. The molecule has 1 aromatic carbocycles. The molecule has 2 radical (unpaired) electrons. The van der Waals surface area contributed by atoms with E-state index in [0.717, 1.165) is 35.3 Å². The van der Waals surface area contributed by atoms with Gasteiger partial charge in [0.1, 0.15) is 5.75 Å². The molecule has 190 valence electrons.